The first-order valence-electron chi connectivity index (χ1n) is 5.09. The molecule has 94 valence electrons. The Morgan fingerprint density at radius 3 is 2.72 bits per heavy atom. The normalized spacial score (nSPS) is 10.4. The molecule has 2 rings (SSSR count). The van der Waals surface area contributed by atoms with Crippen LogP contribution in [0.5, 0.6) is 0 Å². The van der Waals surface area contributed by atoms with E-state index in [4.69, 9.17) is 11.6 Å². The Kier molecular flexibility index (Phi) is 3.34. The highest BCUT2D eigenvalue weighted by Gasteiger charge is 2.17. The number of methoxy groups -OCH3 is 1. The molecule has 0 saturated heterocycles. The Morgan fingerprint density at radius 1 is 1.44 bits per heavy atom. The largest absolute Gasteiger partial charge is 0.465 e. The van der Waals surface area contributed by atoms with E-state index in [1.165, 1.54) is 19.2 Å². The summed E-state index contributed by atoms with van der Waals surface area (Å²) in [5.41, 5.74) is 1.21. The van der Waals surface area contributed by atoms with Crippen LogP contribution in [0.25, 0.3) is 11.1 Å². The third-order valence-electron chi connectivity index (χ3n) is 2.47. The van der Waals surface area contributed by atoms with Gasteiger partial charge in [-0.15, -0.1) is 0 Å². The number of rotatable bonds is 2. The van der Waals surface area contributed by atoms with Gasteiger partial charge in [0.25, 0.3) is 0 Å². The summed E-state index contributed by atoms with van der Waals surface area (Å²) in [7, 11) is 2.96. The number of nitrogens with zero attached hydrogens (tertiary/aromatic N) is 2. The molecule has 6 heteroatoms. The number of hydrogen-bond acceptors (Lipinski definition) is 3. The predicted molar refractivity (Wildman–Crippen MR) is 65.0 cm³/mol. The maximum absolute atomic E-state index is 13.7. The van der Waals surface area contributed by atoms with Crippen molar-refractivity contribution in [2.24, 2.45) is 7.05 Å². The molecule has 0 fully saturated rings. The van der Waals surface area contributed by atoms with Crippen LogP contribution in [0.15, 0.2) is 24.5 Å². The highest BCUT2D eigenvalue weighted by Crippen LogP contribution is 2.28. The lowest BCUT2D eigenvalue weighted by Gasteiger charge is -2.06. The predicted octanol–water partition coefficient (Wildman–Crippen LogP) is 2.67. The van der Waals surface area contributed by atoms with E-state index < -0.39 is 11.8 Å². The average Bonchev–Trinajstić information content (AvgIpc) is 2.78. The van der Waals surface area contributed by atoms with Crippen molar-refractivity contribution in [3.05, 3.63) is 40.9 Å². The zero-order valence-electron chi connectivity index (χ0n) is 9.78. The van der Waals surface area contributed by atoms with E-state index in [2.05, 4.69) is 9.84 Å². The number of hydrogen-bond donors (Lipinski definition) is 0. The first-order valence-corrected chi connectivity index (χ1v) is 5.47. The molecule has 0 unspecified atom stereocenters. The van der Waals surface area contributed by atoms with Gasteiger partial charge in [-0.1, -0.05) is 11.6 Å². The number of aromatic nitrogens is 2. The number of benzene rings is 1. The molecule has 0 aliphatic carbocycles. The molecule has 0 atom stereocenters. The van der Waals surface area contributed by atoms with Crippen LogP contribution < -0.4 is 0 Å². The van der Waals surface area contributed by atoms with Crippen molar-refractivity contribution >= 4 is 17.6 Å². The summed E-state index contributed by atoms with van der Waals surface area (Å²) in [6, 6.07) is 2.74. The Hall–Kier alpha value is -1.88. The molecule has 0 bridgehead atoms. The summed E-state index contributed by atoms with van der Waals surface area (Å²) < 4.78 is 19.8. The van der Waals surface area contributed by atoms with Gasteiger partial charge in [0, 0.05) is 18.8 Å². The van der Waals surface area contributed by atoms with Crippen LogP contribution in [0, 0.1) is 5.82 Å². The molecule has 4 nitrogen and oxygen atoms in total. The zero-order chi connectivity index (χ0) is 13.3. The van der Waals surface area contributed by atoms with Crippen LogP contribution in [0.4, 0.5) is 4.39 Å². The van der Waals surface area contributed by atoms with Gasteiger partial charge >= 0.3 is 5.97 Å². The number of ether oxygens (including phenoxy) is 1. The molecule has 0 spiro atoms. The summed E-state index contributed by atoms with van der Waals surface area (Å²) in [5.74, 6) is -1.34. The summed E-state index contributed by atoms with van der Waals surface area (Å²) in [5, 5.41) is 3.74. The Bertz CT molecular complexity index is 610. The second-order valence-electron chi connectivity index (χ2n) is 3.71. The molecular formula is C12H10ClFN2O2. The van der Waals surface area contributed by atoms with E-state index in [1.54, 1.807) is 24.1 Å². The molecule has 1 aromatic heterocycles. The topological polar surface area (TPSA) is 44.1 Å². The lowest BCUT2D eigenvalue weighted by Crippen LogP contribution is -2.03. The third-order valence-corrected chi connectivity index (χ3v) is 2.86. The molecule has 0 aliphatic heterocycles. The molecule has 0 amide bonds. The zero-order valence-corrected chi connectivity index (χ0v) is 10.5. The smallest absolute Gasteiger partial charge is 0.339 e. The van der Waals surface area contributed by atoms with Gasteiger partial charge in [0.2, 0.25) is 0 Å². The summed E-state index contributed by atoms with van der Waals surface area (Å²) in [6.45, 7) is 0. The first-order chi connectivity index (χ1) is 8.52. The molecular weight excluding hydrogens is 259 g/mol. The van der Waals surface area contributed by atoms with Gasteiger partial charge in [-0.05, 0) is 17.7 Å². The third kappa shape index (κ3) is 2.22. The van der Waals surface area contributed by atoms with Gasteiger partial charge in [-0.3, -0.25) is 4.68 Å². The van der Waals surface area contributed by atoms with E-state index in [1.807, 2.05) is 0 Å². The molecule has 18 heavy (non-hydrogen) atoms. The Balaban J connectivity index is 2.57. The Labute approximate surface area is 108 Å². The van der Waals surface area contributed by atoms with Crippen LogP contribution in [-0.2, 0) is 11.8 Å². The second kappa shape index (κ2) is 4.78. The SMILES string of the molecule is COC(=O)c1cc(-c2cnn(C)c2)cc(F)c1Cl. The number of carbonyl (C=O) groups excluding carboxylic acids is 1. The van der Waals surface area contributed by atoms with E-state index in [9.17, 15) is 9.18 Å². The standard InChI is InChI=1S/C12H10ClFN2O2/c1-16-6-8(5-15-16)7-3-9(12(17)18-2)11(13)10(14)4-7/h3-6H,1-2H3. The molecule has 1 aromatic carbocycles. The highest BCUT2D eigenvalue weighted by atomic mass is 35.5. The maximum atomic E-state index is 13.7. The van der Waals surface area contributed by atoms with E-state index in [0.29, 0.717) is 11.1 Å². The fourth-order valence-corrected chi connectivity index (χ4v) is 1.77. The average molecular weight is 269 g/mol. The fourth-order valence-electron chi connectivity index (χ4n) is 1.58. The number of carbonyl (C=O) groups is 1. The lowest BCUT2D eigenvalue weighted by molar-refractivity contribution is 0.0600. The van der Waals surface area contributed by atoms with Crippen LogP contribution in [-0.4, -0.2) is 22.9 Å². The van der Waals surface area contributed by atoms with Crippen molar-refractivity contribution in [2.45, 2.75) is 0 Å². The quantitative estimate of drug-likeness (QED) is 0.787. The van der Waals surface area contributed by atoms with Crippen molar-refractivity contribution < 1.29 is 13.9 Å². The maximum Gasteiger partial charge on any atom is 0.339 e. The van der Waals surface area contributed by atoms with Gasteiger partial charge in [-0.25, -0.2) is 9.18 Å². The van der Waals surface area contributed by atoms with Gasteiger partial charge in [0.15, 0.2) is 0 Å². The fraction of sp³-hybridized carbons (Fsp3) is 0.167. The van der Waals surface area contributed by atoms with Crippen molar-refractivity contribution in [3.8, 4) is 11.1 Å². The minimum absolute atomic E-state index is 0.00183. The number of aryl methyl sites for hydroxylation is 1. The number of esters is 1. The van der Waals surface area contributed by atoms with Crippen LogP contribution in [0.3, 0.4) is 0 Å². The Morgan fingerprint density at radius 2 is 2.17 bits per heavy atom. The van der Waals surface area contributed by atoms with Crippen molar-refractivity contribution in [1.29, 1.82) is 0 Å². The van der Waals surface area contributed by atoms with E-state index in [0.717, 1.165) is 0 Å². The minimum Gasteiger partial charge on any atom is -0.465 e. The van der Waals surface area contributed by atoms with E-state index >= 15 is 0 Å². The molecule has 1 heterocycles. The van der Waals surface area contributed by atoms with Crippen molar-refractivity contribution in [3.63, 3.8) is 0 Å². The van der Waals surface area contributed by atoms with Crippen LogP contribution >= 0.6 is 11.6 Å². The molecule has 2 aromatic rings. The minimum atomic E-state index is -0.676. The lowest BCUT2D eigenvalue weighted by atomic mass is 10.1. The van der Waals surface area contributed by atoms with Gasteiger partial charge in [0.1, 0.15) is 5.82 Å². The molecule has 0 saturated carbocycles. The molecule has 0 radical (unpaired) electrons. The van der Waals surface area contributed by atoms with Gasteiger partial charge < -0.3 is 4.74 Å². The van der Waals surface area contributed by atoms with Gasteiger partial charge in [-0.2, -0.15) is 5.10 Å². The monoisotopic (exact) mass is 268 g/mol. The molecule has 0 N–H and O–H groups in total. The van der Waals surface area contributed by atoms with Crippen molar-refractivity contribution in [1.82, 2.24) is 9.78 Å². The highest BCUT2D eigenvalue weighted by molar-refractivity contribution is 6.33. The van der Waals surface area contributed by atoms with Crippen LogP contribution in [0.2, 0.25) is 5.02 Å². The van der Waals surface area contributed by atoms with Gasteiger partial charge in [0.05, 0.1) is 23.9 Å². The van der Waals surface area contributed by atoms with Crippen LogP contribution in [0.1, 0.15) is 10.4 Å². The van der Waals surface area contributed by atoms with Crippen molar-refractivity contribution in [2.75, 3.05) is 7.11 Å². The first kappa shape index (κ1) is 12.6. The molecule has 0 aliphatic rings. The summed E-state index contributed by atoms with van der Waals surface area (Å²) in [6.07, 6.45) is 3.29. The number of halogens is 2. The summed E-state index contributed by atoms with van der Waals surface area (Å²) >= 11 is 5.73. The second-order valence-corrected chi connectivity index (χ2v) is 4.09. The van der Waals surface area contributed by atoms with E-state index in [-0.39, 0.29) is 10.6 Å². The summed E-state index contributed by atoms with van der Waals surface area (Å²) in [4.78, 5) is 11.5.